The Balaban J connectivity index is 1.78. The molecule has 1 aliphatic rings. The Hall–Kier alpha value is -2.61. The van der Waals surface area contributed by atoms with E-state index in [1.807, 2.05) is 33.8 Å². The first-order valence-corrected chi connectivity index (χ1v) is 10.5. The largest absolute Gasteiger partial charge is 0.445 e. The van der Waals surface area contributed by atoms with Gasteiger partial charge in [0.05, 0.1) is 18.9 Å². The molecule has 0 atom stereocenters. The van der Waals surface area contributed by atoms with Crippen LogP contribution in [-0.2, 0) is 28.7 Å². The zero-order valence-electron chi connectivity index (χ0n) is 18.6. The first kappa shape index (κ1) is 22.1. The maximum atomic E-state index is 12.2. The maximum absolute atomic E-state index is 12.2. The Bertz CT molecular complexity index is 867. The highest BCUT2D eigenvalue weighted by atomic mass is 16.6. The fraction of sp³-hybridized carbons (Fsp3) is 0.591. The molecule has 1 amide bonds. The van der Waals surface area contributed by atoms with Crippen molar-refractivity contribution in [1.82, 2.24) is 9.97 Å². The summed E-state index contributed by atoms with van der Waals surface area (Å²) in [5.41, 5.74) is 2.23. The van der Waals surface area contributed by atoms with Gasteiger partial charge in [-0.3, -0.25) is 5.32 Å². The molecule has 2 aromatic heterocycles. The minimum Gasteiger partial charge on any atom is -0.445 e. The number of carbonyl (C=O) groups is 1. The first-order valence-electron chi connectivity index (χ1n) is 10.5. The Morgan fingerprint density at radius 3 is 2.57 bits per heavy atom. The van der Waals surface area contributed by atoms with Crippen molar-refractivity contribution < 1.29 is 18.7 Å². The minimum absolute atomic E-state index is 0.473. The van der Waals surface area contributed by atoms with Crippen molar-refractivity contribution in [2.24, 2.45) is 0 Å². The van der Waals surface area contributed by atoms with Crippen molar-refractivity contribution >= 4 is 17.6 Å². The fourth-order valence-corrected chi connectivity index (χ4v) is 3.33. The average Bonchev–Trinajstić information content (AvgIpc) is 3.05. The van der Waals surface area contributed by atoms with Crippen LogP contribution in [0.2, 0.25) is 0 Å². The molecule has 8 heteroatoms. The van der Waals surface area contributed by atoms with Crippen molar-refractivity contribution in [3.63, 3.8) is 0 Å². The summed E-state index contributed by atoms with van der Waals surface area (Å²) in [5, 5.41) is 2.77. The molecule has 3 heterocycles. The molecule has 1 N–H and O–H groups in total. The number of hydrogen-bond donors (Lipinski definition) is 1. The molecule has 164 valence electrons. The lowest BCUT2D eigenvalue weighted by Crippen LogP contribution is -2.36. The van der Waals surface area contributed by atoms with Gasteiger partial charge in [-0.1, -0.05) is 6.92 Å². The summed E-state index contributed by atoms with van der Waals surface area (Å²) in [4.78, 5) is 23.6. The van der Waals surface area contributed by atoms with Crippen LogP contribution >= 0.6 is 0 Å². The number of rotatable bonds is 6. The molecule has 0 bridgehead atoms. The van der Waals surface area contributed by atoms with Crippen LogP contribution < -0.4 is 10.2 Å². The molecule has 0 unspecified atom stereocenters. The van der Waals surface area contributed by atoms with Gasteiger partial charge in [0.2, 0.25) is 0 Å². The van der Waals surface area contributed by atoms with Crippen LogP contribution in [0.25, 0.3) is 0 Å². The molecule has 30 heavy (non-hydrogen) atoms. The van der Waals surface area contributed by atoms with Crippen LogP contribution in [0.5, 0.6) is 0 Å². The maximum Gasteiger partial charge on any atom is 0.413 e. The second-order valence-electron chi connectivity index (χ2n) is 8.40. The zero-order chi connectivity index (χ0) is 21.7. The van der Waals surface area contributed by atoms with Gasteiger partial charge in [-0.05, 0) is 40.2 Å². The number of nitrogens with zero attached hydrogens (tertiary/aromatic N) is 3. The molecule has 1 fully saturated rings. The third-order valence-electron chi connectivity index (χ3n) is 4.72. The summed E-state index contributed by atoms with van der Waals surface area (Å²) in [7, 11) is 0. The second-order valence-corrected chi connectivity index (χ2v) is 8.40. The number of aryl methyl sites for hydroxylation is 4. The van der Waals surface area contributed by atoms with E-state index in [4.69, 9.17) is 13.9 Å². The second kappa shape index (κ2) is 9.47. The van der Waals surface area contributed by atoms with Crippen LogP contribution in [0.15, 0.2) is 16.5 Å². The number of carbonyl (C=O) groups excluding carboxylic acids is 1. The highest BCUT2D eigenvalue weighted by Crippen LogP contribution is 2.23. The smallest absolute Gasteiger partial charge is 0.413 e. The predicted octanol–water partition coefficient (Wildman–Crippen LogP) is 3.91. The number of pyridine rings is 1. The van der Waals surface area contributed by atoms with E-state index in [1.54, 1.807) is 0 Å². The Morgan fingerprint density at radius 2 is 1.93 bits per heavy atom. The number of ether oxygens (including phenoxy) is 2. The third kappa shape index (κ3) is 6.19. The lowest BCUT2D eigenvalue weighted by molar-refractivity contribution is 0.0635. The van der Waals surface area contributed by atoms with E-state index in [2.05, 4.69) is 33.2 Å². The fourth-order valence-electron chi connectivity index (χ4n) is 3.33. The molecule has 3 rings (SSSR count). The van der Waals surface area contributed by atoms with Crippen LogP contribution in [-0.4, -0.2) is 48.0 Å². The number of oxazole rings is 1. The molecule has 0 radical (unpaired) electrons. The third-order valence-corrected chi connectivity index (χ3v) is 4.72. The van der Waals surface area contributed by atoms with Crippen molar-refractivity contribution in [3.05, 3.63) is 35.2 Å². The van der Waals surface area contributed by atoms with Gasteiger partial charge in [0.1, 0.15) is 17.2 Å². The number of aromatic nitrogens is 2. The van der Waals surface area contributed by atoms with E-state index in [9.17, 15) is 4.79 Å². The van der Waals surface area contributed by atoms with E-state index in [0.717, 1.165) is 42.3 Å². The molecule has 0 aromatic carbocycles. The monoisotopic (exact) mass is 416 g/mol. The summed E-state index contributed by atoms with van der Waals surface area (Å²) < 4.78 is 16.7. The zero-order valence-corrected chi connectivity index (χ0v) is 18.6. The normalized spacial score (nSPS) is 14.6. The Morgan fingerprint density at radius 1 is 1.20 bits per heavy atom. The standard InChI is InChI=1S/C22H32N4O4/c1-6-18-15(2)23-20(29-18)8-7-16-13-17(26-9-11-28-12-10-26)14-19(24-16)25-21(27)30-22(3,4)5/h13-14H,6-12H2,1-5H3,(H,24,25,27). The predicted molar refractivity (Wildman–Crippen MR) is 115 cm³/mol. The van der Waals surface area contributed by atoms with Gasteiger partial charge in [-0.25, -0.2) is 14.8 Å². The summed E-state index contributed by atoms with van der Waals surface area (Å²) in [6, 6.07) is 3.94. The molecule has 0 aliphatic carbocycles. The number of amides is 1. The Kier molecular flexibility index (Phi) is 6.97. The highest BCUT2D eigenvalue weighted by Gasteiger charge is 2.19. The number of nitrogens with one attached hydrogen (secondary N) is 1. The quantitative estimate of drug-likeness (QED) is 0.763. The SMILES string of the molecule is CCc1oc(CCc2cc(N3CCOCC3)cc(NC(=O)OC(C)(C)C)n2)nc1C. The molecule has 0 saturated carbocycles. The molecule has 1 aliphatic heterocycles. The van der Waals surface area contributed by atoms with E-state index in [0.29, 0.717) is 37.8 Å². The van der Waals surface area contributed by atoms with Gasteiger partial charge in [-0.15, -0.1) is 0 Å². The molecular formula is C22H32N4O4. The van der Waals surface area contributed by atoms with Crippen molar-refractivity contribution in [3.8, 4) is 0 Å². The summed E-state index contributed by atoms with van der Waals surface area (Å²) in [6.45, 7) is 12.5. The van der Waals surface area contributed by atoms with E-state index in [1.165, 1.54) is 0 Å². The van der Waals surface area contributed by atoms with Gasteiger partial charge in [-0.2, -0.15) is 0 Å². The summed E-state index contributed by atoms with van der Waals surface area (Å²) in [6.07, 6.45) is 1.61. The van der Waals surface area contributed by atoms with Gasteiger partial charge < -0.3 is 18.8 Å². The van der Waals surface area contributed by atoms with Crippen LogP contribution in [0, 0.1) is 6.92 Å². The lowest BCUT2D eigenvalue weighted by atomic mass is 10.2. The number of hydrogen-bond acceptors (Lipinski definition) is 7. The van der Waals surface area contributed by atoms with Gasteiger partial charge in [0.25, 0.3) is 0 Å². The molecular weight excluding hydrogens is 384 g/mol. The molecule has 1 saturated heterocycles. The van der Waals surface area contributed by atoms with Crippen LogP contribution in [0.1, 0.15) is 50.7 Å². The van der Waals surface area contributed by atoms with Crippen molar-refractivity contribution in [2.75, 3.05) is 36.5 Å². The number of morpholine rings is 1. The van der Waals surface area contributed by atoms with E-state index in [-0.39, 0.29) is 0 Å². The van der Waals surface area contributed by atoms with Crippen molar-refractivity contribution in [1.29, 1.82) is 0 Å². The Labute approximate surface area is 178 Å². The average molecular weight is 417 g/mol. The van der Waals surface area contributed by atoms with Crippen LogP contribution in [0.3, 0.4) is 0 Å². The minimum atomic E-state index is -0.575. The van der Waals surface area contributed by atoms with Gasteiger partial charge in [0, 0.05) is 43.4 Å². The topological polar surface area (TPSA) is 89.7 Å². The van der Waals surface area contributed by atoms with Crippen LogP contribution in [0.4, 0.5) is 16.3 Å². The summed E-state index contributed by atoms with van der Waals surface area (Å²) in [5.74, 6) is 2.11. The molecule has 0 spiro atoms. The van der Waals surface area contributed by atoms with E-state index < -0.39 is 11.7 Å². The van der Waals surface area contributed by atoms with Gasteiger partial charge in [0.15, 0.2) is 5.89 Å². The number of anilines is 2. The van der Waals surface area contributed by atoms with E-state index >= 15 is 0 Å². The molecule has 2 aromatic rings. The molecule has 8 nitrogen and oxygen atoms in total. The first-order chi connectivity index (χ1) is 14.2. The highest BCUT2D eigenvalue weighted by molar-refractivity contribution is 5.84. The lowest BCUT2D eigenvalue weighted by Gasteiger charge is -2.29. The van der Waals surface area contributed by atoms with Gasteiger partial charge >= 0.3 is 6.09 Å². The summed E-state index contributed by atoms with van der Waals surface area (Å²) >= 11 is 0. The van der Waals surface area contributed by atoms with Crippen molar-refractivity contribution in [2.45, 2.75) is 59.5 Å².